The Kier molecular flexibility index (Phi) is 5.55. The van der Waals surface area contributed by atoms with Gasteiger partial charge in [0.1, 0.15) is 0 Å². The van der Waals surface area contributed by atoms with Gasteiger partial charge in [0.25, 0.3) is 0 Å². The average molecular weight is 361 g/mol. The van der Waals surface area contributed by atoms with E-state index in [-0.39, 0.29) is 12.3 Å². The maximum atomic E-state index is 12.0. The number of benzene rings is 2. The number of rotatable bonds is 7. The molecular weight excluding hydrogens is 338 g/mol. The first kappa shape index (κ1) is 17.7. The summed E-state index contributed by atoms with van der Waals surface area (Å²) in [6.07, 6.45) is 3.37. The molecule has 2 aromatic rings. The lowest BCUT2D eigenvalue weighted by Gasteiger charge is -2.25. The SMILES string of the molecule is O=C(NCCS(=O)(=O)NCC1CCC1)Nc1cccc2ccccc12. The molecule has 134 valence electrons. The number of fused-ring (bicyclic) bond motifs is 1. The fourth-order valence-electron chi connectivity index (χ4n) is 2.81. The van der Waals surface area contributed by atoms with Gasteiger partial charge in [-0.2, -0.15) is 0 Å². The second-order valence-electron chi connectivity index (χ2n) is 6.37. The van der Waals surface area contributed by atoms with Gasteiger partial charge in [-0.05, 0) is 30.2 Å². The van der Waals surface area contributed by atoms with E-state index in [4.69, 9.17) is 0 Å². The van der Waals surface area contributed by atoms with Crippen molar-refractivity contribution in [1.82, 2.24) is 10.0 Å². The minimum Gasteiger partial charge on any atom is -0.337 e. The Morgan fingerprint density at radius 1 is 1.08 bits per heavy atom. The van der Waals surface area contributed by atoms with Crippen molar-refractivity contribution in [3.05, 3.63) is 42.5 Å². The van der Waals surface area contributed by atoms with E-state index in [1.807, 2.05) is 42.5 Å². The summed E-state index contributed by atoms with van der Waals surface area (Å²) in [6, 6.07) is 13.0. The van der Waals surface area contributed by atoms with Crippen molar-refractivity contribution in [3.63, 3.8) is 0 Å². The molecule has 1 aliphatic carbocycles. The Hall–Kier alpha value is -2.12. The highest BCUT2D eigenvalue weighted by atomic mass is 32.2. The number of amides is 2. The highest BCUT2D eigenvalue weighted by Gasteiger charge is 2.20. The number of hydrogen-bond acceptors (Lipinski definition) is 3. The van der Waals surface area contributed by atoms with Gasteiger partial charge in [0.2, 0.25) is 10.0 Å². The first-order valence-corrected chi connectivity index (χ1v) is 10.2. The number of sulfonamides is 1. The third-order valence-electron chi connectivity index (χ3n) is 4.51. The van der Waals surface area contributed by atoms with Gasteiger partial charge in [-0.25, -0.2) is 17.9 Å². The third-order valence-corrected chi connectivity index (χ3v) is 5.86. The molecule has 25 heavy (non-hydrogen) atoms. The molecule has 6 nitrogen and oxygen atoms in total. The summed E-state index contributed by atoms with van der Waals surface area (Å²) >= 11 is 0. The van der Waals surface area contributed by atoms with Crippen molar-refractivity contribution < 1.29 is 13.2 Å². The molecule has 0 unspecified atom stereocenters. The van der Waals surface area contributed by atoms with Crippen LogP contribution in [0.5, 0.6) is 0 Å². The van der Waals surface area contributed by atoms with E-state index in [0.717, 1.165) is 23.6 Å². The van der Waals surface area contributed by atoms with Crippen LogP contribution in [0.4, 0.5) is 10.5 Å². The zero-order valence-electron chi connectivity index (χ0n) is 14.0. The zero-order chi connectivity index (χ0) is 17.7. The fourth-order valence-corrected chi connectivity index (χ4v) is 3.82. The zero-order valence-corrected chi connectivity index (χ0v) is 14.8. The van der Waals surface area contributed by atoms with E-state index in [0.29, 0.717) is 18.2 Å². The Morgan fingerprint density at radius 3 is 2.60 bits per heavy atom. The minimum atomic E-state index is -3.35. The van der Waals surface area contributed by atoms with E-state index in [2.05, 4.69) is 15.4 Å². The predicted octanol–water partition coefficient (Wildman–Crippen LogP) is 2.68. The van der Waals surface area contributed by atoms with Crippen molar-refractivity contribution in [2.75, 3.05) is 24.2 Å². The van der Waals surface area contributed by atoms with Gasteiger partial charge >= 0.3 is 6.03 Å². The van der Waals surface area contributed by atoms with Gasteiger partial charge in [0.05, 0.1) is 11.4 Å². The molecule has 3 rings (SSSR count). The average Bonchev–Trinajstić information content (AvgIpc) is 2.53. The van der Waals surface area contributed by atoms with Crippen molar-refractivity contribution >= 4 is 32.5 Å². The van der Waals surface area contributed by atoms with Gasteiger partial charge in [-0.1, -0.05) is 42.8 Å². The summed E-state index contributed by atoms with van der Waals surface area (Å²) in [6.45, 7) is 0.571. The van der Waals surface area contributed by atoms with Gasteiger partial charge < -0.3 is 10.6 Å². The van der Waals surface area contributed by atoms with Crippen molar-refractivity contribution in [1.29, 1.82) is 0 Å². The van der Waals surface area contributed by atoms with E-state index < -0.39 is 16.1 Å². The van der Waals surface area contributed by atoms with Gasteiger partial charge in [0, 0.05) is 18.5 Å². The summed E-state index contributed by atoms with van der Waals surface area (Å²) in [5.41, 5.74) is 0.696. The number of anilines is 1. The second kappa shape index (κ2) is 7.84. The van der Waals surface area contributed by atoms with Crippen LogP contribution in [-0.4, -0.2) is 33.3 Å². The van der Waals surface area contributed by atoms with Crippen LogP contribution in [0.3, 0.4) is 0 Å². The molecule has 0 aromatic heterocycles. The molecule has 0 bridgehead atoms. The Morgan fingerprint density at radius 2 is 1.84 bits per heavy atom. The molecule has 0 radical (unpaired) electrons. The molecule has 0 saturated heterocycles. The van der Waals surface area contributed by atoms with Crippen LogP contribution in [0, 0.1) is 5.92 Å². The topological polar surface area (TPSA) is 87.3 Å². The summed E-state index contributed by atoms with van der Waals surface area (Å²) < 4.78 is 26.4. The standard InChI is InChI=1S/C18H23N3O3S/c22-18(19-11-12-25(23,24)20-13-14-5-3-6-14)21-17-10-4-8-15-7-1-2-9-16(15)17/h1-2,4,7-10,14,20H,3,5-6,11-13H2,(H2,19,21,22). The van der Waals surface area contributed by atoms with Crippen molar-refractivity contribution in [2.24, 2.45) is 5.92 Å². The van der Waals surface area contributed by atoms with E-state index >= 15 is 0 Å². The first-order chi connectivity index (χ1) is 12.0. The van der Waals surface area contributed by atoms with E-state index in [1.165, 1.54) is 6.42 Å². The van der Waals surface area contributed by atoms with Crippen LogP contribution in [0.1, 0.15) is 19.3 Å². The minimum absolute atomic E-state index is 0.0661. The lowest BCUT2D eigenvalue weighted by atomic mass is 9.86. The summed E-state index contributed by atoms with van der Waals surface area (Å²) in [5.74, 6) is 0.347. The molecule has 0 aliphatic heterocycles. The highest BCUT2D eigenvalue weighted by Crippen LogP contribution is 2.25. The number of carbonyl (C=O) groups excluding carboxylic acids is 1. The molecule has 2 amide bonds. The normalized spacial score (nSPS) is 14.9. The molecule has 1 saturated carbocycles. The molecule has 0 heterocycles. The van der Waals surface area contributed by atoms with Crippen LogP contribution in [0.2, 0.25) is 0 Å². The summed E-state index contributed by atoms with van der Waals surface area (Å²) in [5, 5.41) is 7.34. The molecule has 3 N–H and O–H groups in total. The van der Waals surface area contributed by atoms with Crippen LogP contribution in [0.15, 0.2) is 42.5 Å². The largest absolute Gasteiger partial charge is 0.337 e. The van der Waals surface area contributed by atoms with E-state index in [9.17, 15) is 13.2 Å². The maximum absolute atomic E-state index is 12.0. The third kappa shape index (κ3) is 4.93. The van der Waals surface area contributed by atoms with Gasteiger partial charge in [-0.3, -0.25) is 0 Å². The van der Waals surface area contributed by atoms with Gasteiger partial charge in [-0.15, -0.1) is 0 Å². The predicted molar refractivity (Wildman–Crippen MR) is 100 cm³/mol. The maximum Gasteiger partial charge on any atom is 0.319 e. The van der Waals surface area contributed by atoms with Crippen molar-refractivity contribution in [2.45, 2.75) is 19.3 Å². The molecule has 2 aromatic carbocycles. The quantitative estimate of drug-likeness (QED) is 0.708. The van der Waals surface area contributed by atoms with Crippen LogP contribution >= 0.6 is 0 Å². The van der Waals surface area contributed by atoms with E-state index in [1.54, 1.807) is 0 Å². The molecule has 1 aliphatic rings. The fraction of sp³-hybridized carbons (Fsp3) is 0.389. The molecule has 0 atom stereocenters. The smallest absolute Gasteiger partial charge is 0.319 e. The molecule has 0 spiro atoms. The van der Waals surface area contributed by atoms with Crippen LogP contribution < -0.4 is 15.4 Å². The summed E-state index contributed by atoms with van der Waals surface area (Å²) in [4.78, 5) is 12.0. The molecular formula is C18H23N3O3S. The van der Waals surface area contributed by atoms with Crippen LogP contribution in [-0.2, 0) is 10.0 Å². The number of hydrogen-bond donors (Lipinski definition) is 3. The van der Waals surface area contributed by atoms with Crippen LogP contribution in [0.25, 0.3) is 10.8 Å². The Bertz CT molecular complexity index is 842. The molecule has 7 heteroatoms. The molecule has 1 fully saturated rings. The number of urea groups is 1. The Labute approximate surface area is 148 Å². The highest BCUT2D eigenvalue weighted by molar-refractivity contribution is 7.89. The monoisotopic (exact) mass is 361 g/mol. The summed E-state index contributed by atoms with van der Waals surface area (Å²) in [7, 11) is -3.35. The van der Waals surface area contributed by atoms with Gasteiger partial charge in [0.15, 0.2) is 0 Å². The second-order valence-corrected chi connectivity index (χ2v) is 8.30. The number of carbonyl (C=O) groups is 1. The number of nitrogens with one attached hydrogen (secondary N) is 3. The van der Waals surface area contributed by atoms with Crippen molar-refractivity contribution in [3.8, 4) is 0 Å². The Balaban J connectivity index is 1.47. The lowest BCUT2D eigenvalue weighted by molar-refractivity contribution is 0.252. The lowest BCUT2D eigenvalue weighted by Crippen LogP contribution is -2.38. The first-order valence-electron chi connectivity index (χ1n) is 8.53.